The number of hydrogen-bond acceptors (Lipinski definition) is 6. The Kier molecular flexibility index (Phi) is 10.2. The number of ether oxygens (including phenoxy) is 2. The van der Waals surface area contributed by atoms with Crippen molar-refractivity contribution in [1.82, 2.24) is 20.0 Å². The molecule has 3 aliphatic heterocycles. The number of piperidine rings is 1. The molecule has 8 nitrogen and oxygen atoms in total. The smallest absolute Gasteiger partial charge is 0.325 e. The van der Waals surface area contributed by atoms with Crippen LogP contribution in [0.1, 0.15) is 51.2 Å². The van der Waals surface area contributed by atoms with E-state index in [1.54, 1.807) is 14.2 Å². The number of nitrogens with zero attached hydrogens (tertiary/aromatic N) is 3. The van der Waals surface area contributed by atoms with Crippen LogP contribution in [0.4, 0.5) is 4.79 Å². The molecule has 1 N–H and O–H groups in total. The maximum atomic E-state index is 13.7. The van der Waals surface area contributed by atoms with Gasteiger partial charge in [-0.3, -0.25) is 9.69 Å². The number of allylic oxidation sites excluding steroid dienone is 1. The summed E-state index contributed by atoms with van der Waals surface area (Å²) in [6, 6.07) is 3.98. The molecule has 3 aliphatic rings. The third-order valence-corrected chi connectivity index (χ3v) is 8.08. The molecule has 0 aliphatic carbocycles. The second-order valence-electron chi connectivity index (χ2n) is 9.02. The van der Waals surface area contributed by atoms with Gasteiger partial charge in [-0.15, -0.1) is 11.8 Å². The summed E-state index contributed by atoms with van der Waals surface area (Å²) >= 11 is 1.49. The van der Waals surface area contributed by atoms with Gasteiger partial charge in [0.1, 0.15) is 11.5 Å². The first-order chi connectivity index (χ1) is 18.0. The zero-order valence-corrected chi connectivity index (χ0v) is 24.0. The molecule has 0 radical (unpaired) electrons. The maximum absolute atomic E-state index is 13.7. The molecule has 1 spiro atoms. The molecular weight excluding hydrogens is 488 g/mol. The van der Waals surface area contributed by atoms with E-state index in [1.165, 1.54) is 11.8 Å². The number of fused-ring (bicyclic) bond motifs is 3. The van der Waals surface area contributed by atoms with Crippen LogP contribution >= 0.6 is 11.8 Å². The number of thioether (sulfide) groups is 1. The summed E-state index contributed by atoms with van der Waals surface area (Å²) in [5, 5.41) is 4.84. The highest BCUT2D eigenvalue weighted by Gasteiger charge is 2.54. The van der Waals surface area contributed by atoms with E-state index < -0.39 is 0 Å². The molecule has 2 saturated heterocycles. The van der Waals surface area contributed by atoms with E-state index in [0.717, 1.165) is 54.0 Å². The lowest BCUT2D eigenvalue weighted by atomic mass is 9.82. The van der Waals surface area contributed by atoms with Gasteiger partial charge in [0.15, 0.2) is 0 Å². The minimum atomic E-state index is -0.359. The standard InChI is InChI=1S/C26H36N4O4S.C2H6/c1-5-30-25(32)29-17-19-15-20(33-3)16-22(34-4)21(19)7-6-8-23(29)26(30)9-12-28(13-10-26)24(31)18-35-14-11-27-2;1-2/h8,11,14-16,27H,5-7,9-10,12-13,17-18H2,1-4H3;1-2H3/b14-11-,23-8-;. The Morgan fingerprint density at radius 2 is 1.92 bits per heavy atom. The lowest BCUT2D eigenvalue weighted by molar-refractivity contribution is -0.130. The predicted molar refractivity (Wildman–Crippen MR) is 150 cm³/mol. The molecule has 0 saturated carbocycles. The van der Waals surface area contributed by atoms with Crippen molar-refractivity contribution in [2.75, 3.05) is 46.7 Å². The Balaban J connectivity index is 0.00000186. The molecule has 1 aromatic carbocycles. The lowest BCUT2D eigenvalue weighted by Gasteiger charge is -2.44. The third kappa shape index (κ3) is 5.71. The first-order valence-corrected chi connectivity index (χ1v) is 14.3. The number of benzene rings is 1. The summed E-state index contributed by atoms with van der Waals surface area (Å²) in [7, 11) is 5.16. The van der Waals surface area contributed by atoms with Crippen molar-refractivity contribution >= 4 is 23.7 Å². The molecule has 9 heteroatoms. The Bertz CT molecular complexity index is 1020. The Morgan fingerprint density at radius 1 is 1.19 bits per heavy atom. The van der Waals surface area contributed by atoms with Crippen LogP contribution in [0.3, 0.4) is 0 Å². The van der Waals surface area contributed by atoms with E-state index in [4.69, 9.17) is 9.47 Å². The fourth-order valence-corrected chi connectivity index (χ4v) is 6.27. The number of likely N-dealkylation sites (tertiary alicyclic amines) is 1. The second kappa shape index (κ2) is 13.1. The molecule has 0 bridgehead atoms. The number of likely N-dealkylation sites (N-methyl/N-ethyl adjacent to an activating group) is 1. The fourth-order valence-electron chi connectivity index (χ4n) is 5.61. The van der Waals surface area contributed by atoms with Gasteiger partial charge in [0.2, 0.25) is 5.91 Å². The Morgan fingerprint density at radius 3 is 2.54 bits per heavy atom. The molecule has 3 amide bonds. The monoisotopic (exact) mass is 530 g/mol. The number of urea groups is 1. The van der Waals surface area contributed by atoms with E-state index in [2.05, 4.69) is 11.4 Å². The van der Waals surface area contributed by atoms with Crippen molar-refractivity contribution in [1.29, 1.82) is 0 Å². The molecular formula is C28H42N4O4S. The molecule has 1 aromatic rings. The van der Waals surface area contributed by atoms with Gasteiger partial charge in [0.05, 0.1) is 32.1 Å². The lowest BCUT2D eigenvalue weighted by Crippen LogP contribution is -2.54. The minimum Gasteiger partial charge on any atom is -0.497 e. The van der Waals surface area contributed by atoms with Gasteiger partial charge >= 0.3 is 6.03 Å². The first kappa shape index (κ1) is 28.8. The molecule has 3 heterocycles. The molecule has 0 unspecified atom stereocenters. The van der Waals surface area contributed by atoms with Crippen LogP contribution in [0, 0.1) is 0 Å². The number of amides is 3. The number of hydrogen-bond donors (Lipinski definition) is 1. The SMILES string of the molecule is CC.CCN1C(=O)N2Cc3cc(OC)cc(OC)c3CC/C=C\2C12CCN(C(=O)CS/C=C\NC)CC2. The van der Waals surface area contributed by atoms with Crippen molar-refractivity contribution in [3.8, 4) is 11.5 Å². The zero-order chi connectivity index (χ0) is 27.0. The van der Waals surface area contributed by atoms with Gasteiger partial charge in [0.25, 0.3) is 0 Å². The summed E-state index contributed by atoms with van der Waals surface area (Å²) in [6.45, 7) is 8.48. The van der Waals surface area contributed by atoms with Gasteiger partial charge in [-0.2, -0.15) is 0 Å². The van der Waals surface area contributed by atoms with Crippen LogP contribution in [0.5, 0.6) is 11.5 Å². The average Bonchev–Trinajstić information content (AvgIpc) is 3.11. The van der Waals surface area contributed by atoms with Crippen molar-refractivity contribution in [2.45, 2.75) is 58.5 Å². The van der Waals surface area contributed by atoms with Gasteiger partial charge in [-0.1, -0.05) is 19.9 Å². The minimum absolute atomic E-state index is 0.0425. The molecule has 204 valence electrons. The van der Waals surface area contributed by atoms with Crippen LogP contribution in [0.25, 0.3) is 0 Å². The van der Waals surface area contributed by atoms with Crippen LogP contribution in [-0.4, -0.2) is 78.8 Å². The van der Waals surface area contributed by atoms with Crippen molar-refractivity contribution in [3.63, 3.8) is 0 Å². The van der Waals surface area contributed by atoms with E-state index in [0.29, 0.717) is 31.9 Å². The van der Waals surface area contributed by atoms with Crippen LogP contribution in [-0.2, 0) is 17.8 Å². The first-order valence-electron chi connectivity index (χ1n) is 13.2. The van der Waals surface area contributed by atoms with Crippen molar-refractivity contribution < 1.29 is 19.1 Å². The highest BCUT2D eigenvalue weighted by Crippen LogP contribution is 2.46. The van der Waals surface area contributed by atoms with Crippen molar-refractivity contribution in [3.05, 3.63) is 46.6 Å². The van der Waals surface area contributed by atoms with E-state index in [9.17, 15) is 9.59 Å². The number of carbonyl (C=O) groups is 2. The van der Waals surface area contributed by atoms with Crippen LogP contribution in [0.2, 0.25) is 0 Å². The molecule has 2 fully saturated rings. The number of carbonyl (C=O) groups excluding carboxylic acids is 2. The normalized spacial score (nSPS) is 19.8. The largest absolute Gasteiger partial charge is 0.497 e. The fraction of sp³-hybridized carbons (Fsp3) is 0.571. The second-order valence-corrected chi connectivity index (χ2v) is 9.92. The Labute approximate surface area is 226 Å². The van der Waals surface area contributed by atoms with Gasteiger partial charge < -0.3 is 24.6 Å². The topological polar surface area (TPSA) is 74.4 Å². The van der Waals surface area contributed by atoms with Crippen LogP contribution < -0.4 is 14.8 Å². The number of rotatable bonds is 7. The van der Waals surface area contributed by atoms with E-state index >= 15 is 0 Å². The summed E-state index contributed by atoms with van der Waals surface area (Å²) in [5.41, 5.74) is 2.93. The highest BCUT2D eigenvalue weighted by atomic mass is 32.2. The van der Waals surface area contributed by atoms with Crippen molar-refractivity contribution in [2.24, 2.45) is 0 Å². The average molecular weight is 531 g/mol. The summed E-state index contributed by atoms with van der Waals surface area (Å²) in [5.74, 6) is 2.11. The molecule has 37 heavy (non-hydrogen) atoms. The highest BCUT2D eigenvalue weighted by molar-refractivity contribution is 8.02. The zero-order valence-electron chi connectivity index (χ0n) is 23.1. The summed E-state index contributed by atoms with van der Waals surface area (Å²) in [6.07, 6.45) is 7.25. The predicted octanol–water partition coefficient (Wildman–Crippen LogP) is 4.60. The van der Waals surface area contributed by atoms with Gasteiger partial charge in [-0.05, 0) is 55.2 Å². The summed E-state index contributed by atoms with van der Waals surface area (Å²) in [4.78, 5) is 32.3. The molecule has 4 rings (SSSR count). The number of nitrogens with one attached hydrogen (secondary N) is 1. The van der Waals surface area contributed by atoms with Gasteiger partial charge in [0, 0.05) is 44.6 Å². The Hall–Kier alpha value is -2.81. The molecule has 0 aromatic heterocycles. The molecule has 0 atom stereocenters. The van der Waals surface area contributed by atoms with Gasteiger partial charge in [-0.25, -0.2) is 4.79 Å². The maximum Gasteiger partial charge on any atom is 0.325 e. The van der Waals surface area contributed by atoms with E-state index in [1.807, 2.05) is 66.3 Å². The van der Waals surface area contributed by atoms with Crippen LogP contribution in [0.15, 0.2) is 35.5 Å². The quantitative estimate of drug-likeness (QED) is 0.555. The number of methoxy groups -OCH3 is 2. The summed E-state index contributed by atoms with van der Waals surface area (Å²) < 4.78 is 11.2. The third-order valence-electron chi connectivity index (χ3n) is 7.33. The van der Waals surface area contributed by atoms with E-state index in [-0.39, 0.29) is 17.5 Å².